The highest BCUT2D eigenvalue weighted by Crippen LogP contribution is 2.44. The number of benzene rings is 1. The highest BCUT2D eigenvalue weighted by atomic mass is 19.1. The molecule has 0 N–H and O–H groups in total. The van der Waals surface area contributed by atoms with Crippen molar-refractivity contribution >= 4 is 11.6 Å². The first-order valence-electron chi connectivity index (χ1n) is 10.6. The van der Waals surface area contributed by atoms with Crippen LogP contribution >= 0.6 is 0 Å². The van der Waals surface area contributed by atoms with Crippen molar-refractivity contribution in [3.63, 3.8) is 0 Å². The Balaban J connectivity index is 1.52. The minimum Gasteiger partial charge on any atom is -0.361 e. The third-order valence-electron chi connectivity index (χ3n) is 6.57. The van der Waals surface area contributed by atoms with Gasteiger partial charge >= 0.3 is 0 Å². The van der Waals surface area contributed by atoms with E-state index in [4.69, 9.17) is 0 Å². The quantitative estimate of drug-likeness (QED) is 0.786. The lowest BCUT2D eigenvalue weighted by atomic mass is 9.93. The molecule has 2 aromatic rings. The number of nitrogens with zero attached hydrogens (tertiary/aromatic N) is 4. The number of amides is 1. The molecule has 4 rings (SSSR count). The summed E-state index contributed by atoms with van der Waals surface area (Å²) < 4.78 is 15.7. The molecule has 5 nitrogen and oxygen atoms in total. The van der Waals surface area contributed by atoms with Crippen LogP contribution in [0.5, 0.6) is 0 Å². The fraction of sp³-hybridized carbons (Fsp3) is 0.565. The van der Waals surface area contributed by atoms with Gasteiger partial charge in [-0.2, -0.15) is 5.10 Å². The first-order valence-corrected chi connectivity index (χ1v) is 10.6. The molecule has 0 aliphatic carbocycles. The normalized spacial score (nSPS) is 23.3. The summed E-state index contributed by atoms with van der Waals surface area (Å²) in [6.45, 7) is 7.22. The molecule has 2 fully saturated rings. The van der Waals surface area contributed by atoms with Gasteiger partial charge in [0.25, 0.3) is 0 Å². The molecule has 0 spiro atoms. The van der Waals surface area contributed by atoms with Crippen LogP contribution in [-0.2, 0) is 18.3 Å². The number of carbonyl (C=O) groups is 1. The van der Waals surface area contributed by atoms with Crippen LogP contribution in [0.4, 0.5) is 10.1 Å². The summed E-state index contributed by atoms with van der Waals surface area (Å²) in [7, 11) is 1.91. The maximum absolute atomic E-state index is 13.9. The van der Waals surface area contributed by atoms with E-state index >= 15 is 0 Å². The molecule has 1 amide bonds. The van der Waals surface area contributed by atoms with Gasteiger partial charge in [-0.1, -0.05) is 6.07 Å². The van der Waals surface area contributed by atoms with Gasteiger partial charge < -0.3 is 9.80 Å². The zero-order valence-electron chi connectivity index (χ0n) is 17.9. The van der Waals surface area contributed by atoms with E-state index in [1.807, 2.05) is 30.9 Å². The Kier molecular flexibility index (Phi) is 5.13. The van der Waals surface area contributed by atoms with Gasteiger partial charge in [-0.15, -0.1) is 0 Å². The van der Waals surface area contributed by atoms with Gasteiger partial charge in [0.05, 0.1) is 17.8 Å². The second kappa shape index (κ2) is 7.47. The highest BCUT2D eigenvalue weighted by Gasteiger charge is 2.50. The topological polar surface area (TPSA) is 41.4 Å². The van der Waals surface area contributed by atoms with E-state index in [2.05, 4.69) is 28.7 Å². The van der Waals surface area contributed by atoms with E-state index in [0.29, 0.717) is 6.42 Å². The lowest BCUT2D eigenvalue weighted by molar-refractivity contribution is -0.134. The zero-order chi connectivity index (χ0) is 20.8. The minimum atomic E-state index is -0.211. The van der Waals surface area contributed by atoms with E-state index in [9.17, 15) is 9.18 Å². The first-order chi connectivity index (χ1) is 13.8. The van der Waals surface area contributed by atoms with Crippen LogP contribution in [0.2, 0.25) is 0 Å². The molecule has 0 unspecified atom stereocenters. The van der Waals surface area contributed by atoms with Gasteiger partial charge in [0.15, 0.2) is 0 Å². The van der Waals surface area contributed by atoms with E-state index in [1.165, 1.54) is 6.07 Å². The first kappa shape index (κ1) is 19.9. The molecule has 2 aliphatic rings. The number of hydrogen-bond donors (Lipinski definition) is 0. The van der Waals surface area contributed by atoms with Crippen LogP contribution in [0.25, 0.3) is 0 Å². The lowest BCUT2D eigenvalue weighted by Gasteiger charge is -2.42. The monoisotopic (exact) mass is 398 g/mol. The van der Waals surface area contributed by atoms with Crippen molar-refractivity contribution in [2.24, 2.45) is 7.05 Å². The third-order valence-corrected chi connectivity index (χ3v) is 6.57. The second-order valence-corrected chi connectivity index (χ2v) is 9.14. The number of aromatic nitrogens is 2. The second-order valence-electron chi connectivity index (χ2n) is 9.14. The van der Waals surface area contributed by atoms with Crippen LogP contribution in [0.3, 0.4) is 0 Å². The number of anilines is 1. The van der Waals surface area contributed by atoms with E-state index in [-0.39, 0.29) is 29.3 Å². The van der Waals surface area contributed by atoms with Gasteiger partial charge in [0.1, 0.15) is 5.82 Å². The minimum absolute atomic E-state index is 0.119. The molecule has 1 aromatic heterocycles. The van der Waals surface area contributed by atoms with E-state index < -0.39 is 0 Å². The van der Waals surface area contributed by atoms with Crippen LogP contribution in [0.1, 0.15) is 50.8 Å². The Bertz CT molecular complexity index is 906. The fourth-order valence-electron chi connectivity index (χ4n) is 5.40. The summed E-state index contributed by atoms with van der Waals surface area (Å²) in [4.78, 5) is 17.6. The summed E-state index contributed by atoms with van der Waals surface area (Å²) in [5.74, 6) is 0.0113. The molecule has 1 aromatic carbocycles. The molecular weight excluding hydrogens is 367 g/mol. The Labute approximate surface area is 172 Å². The van der Waals surface area contributed by atoms with Gasteiger partial charge in [-0.05, 0) is 70.2 Å². The van der Waals surface area contributed by atoms with E-state index in [1.54, 1.807) is 12.1 Å². The van der Waals surface area contributed by atoms with Crippen molar-refractivity contribution in [3.05, 3.63) is 47.5 Å². The molecule has 3 heterocycles. The molecule has 2 aliphatic heterocycles. The smallest absolute Gasteiger partial charge is 0.223 e. The van der Waals surface area contributed by atoms with Gasteiger partial charge in [-0.3, -0.25) is 9.48 Å². The standard InChI is InChI=1S/C23H31FN4O/c1-16-17(15-26(4)25-16)10-11-22(29)27-12-6-9-20-21(27)14-23(2,3)28(20)19-8-5-7-18(24)13-19/h5,7-8,13,15,20-21H,6,9-12,14H2,1-4H3/t20-,21-/m0/s1. The van der Waals surface area contributed by atoms with Crippen molar-refractivity contribution in [2.75, 3.05) is 11.4 Å². The fourth-order valence-corrected chi connectivity index (χ4v) is 5.40. The maximum Gasteiger partial charge on any atom is 0.223 e. The molecule has 29 heavy (non-hydrogen) atoms. The zero-order valence-corrected chi connectivity index (χ0v) is 17.9. The number of piperidine rings is 1. The molecular formula is C23H31FN4O. The number of halogens is 1. The Morgan fingerprint density at radius 2 is 2.10 bits per heavy atom. The predicted octanol–water partition coefficient (Wildman–Crippen LogP) is 3.85. The SMILES string of the molecule is Cc1nn(C)cc1CCC(=O)N1CCC[C@H]2[C@@H]1CC(C)(C)N2c1cccc(F)c1. The number of fused-ring (bicyclic) bond motifs is 1. The average Bonchev–Trinajstić information content (AvgIpc) is 3.12. The van der Waals surface area contributed by atoms with Crippen LogP contribution in [0, 0.1) is 12.7 Å². The number of carbonyl (C=O) groups excluding carboxylic acids is 1. The highest BCUT2D eigenvalue weighted by molar-refractivity contribution is 5.77. The van der Waals surface area contributed by atoms with Crippen LogP contribution < -0.4 is 4.90 Å². The summed E-state index contributed by atoms with van der Waals surface area (Å²) in [6.07, 6.45) is 6.17. The number of aryl methyl sites for hydroxylation is 3. The summed E-state index contributed by atoms with van der Waals surface area (Å²) >= 11 is 0. The summed E-state index contributed by atoms with van der Waals surface area (Å²) in [5, 5.41) is 4.38. The van der Waals surface area contributed by atoms with Gasteiger partial charge in [0, 0.05) is 37.4 Å². The average molecular weight is 399 g/mol. The molecule has 0 bridgehead atoms. The number of likely N-dealkylation sites (tertiary alicyclic amines) is 1. The number of rotatable bonds is 4. The van der Waals surface area contributed by atoms with Crippen molar-refractivity contribution in [3.8, 4) is 0 Å². The van der Waals surface area contributed by atoms with E-state index in [0.717, 1.165) is 49.2 Å². The van der Waals surface area contributed by atoms with Crippen molar-refractivity contribution in [1.29, 1.82) is 0 Å². The predicted molar refractivity (Wildman–Crippen MR) is 112 cm³/mol. The molecule has 2 saturated heterocycles. The number of hydrogen-bond acceptors (Lipinski definition) is 3. The molecule has 0 radical (unpaired) electrons. The molecule has 2 atom stereocenters. The van der Waals surface area contributed by atoms with Crippen molar-refractivity contribution < 1.29 is 9.18 Å². The van der Waals surface area contributed by atoms with Crippen LogP contribution in [0.15, 0.2) is 30.5 Å². The van der Waals surface area contributed by atoms with Crippen LogP contribution in [-0.4, -0.2) is 44.8 Å². The molecule has 0 saturated carbocycles. The Morgan fingerprint density at radius 1 is 1.31 bits per heavy atom. The molecule has 156 valence electrons. The summed E-state index contributed by atoms with van der Waals surface area (Å²) in [5.41, 5.74) is 2.94. The van der Waals surface area contributed by atoms with Crippen molar-refractivity contribution in [2.45, 2.75) is 70.5 Å². The summed E-state index contributed by atoms with van der Waals surface area (Å²) in [6, 6.07) is 7.29. The van der Waals surface area contributed by atoms with Gasteiger partial charge in [0.2, 0.25) is 5.91 Å². The Morgan fingerprint density at radius 3 is 2.79 bits per heavy atom. The largest absolute Gasteiger partial charge is 0.361 e. The van der Waals surface area contributed by atoms with Gasteiger partial charge in [-0.25, -0.2) is 4.39 Å². The molecule has 6 heteroatoms. The lowest BCUT2D eigenvalue weighted by Crippen LogP contribution is -2.53. The Hall–Kier alpha value is -2.37. The third kappa shape index (κ3) is 3.77. The van der Waals surface area contributed by atoms with Crippen molar-refractivity contribution in [1.82, 2.24) is 14.7 Å². The maximum atomic E-state index is 13.9.